The van der Waals surface area contributed by atoms with Crippen LogP contribution in [0.25, 0.3) is 16.5 Å². The zero-order chi connectivity index (χ0) is 22.8. The Morgan fingerprint density at radius 1 is 0.969 bits per heavy atom. The van der Waals surface area contributed by atoms with E-state index in [-0.39, 0.29) is 39.4 Å². The van der Waals surface area contributed by atoms with Crippen molar-refractivity contribution in [3.05, 3.63) is 77.7 Å². The minimum atomic E-state index is -0.612. The van der Waals surface area contributed by atoms with Crippen LogP contribution in [0.2, 0.25) is 0 Å². The summed E-state index contributed by atoms with van der Waals surface area (Å²) in [6, 6.07) is 11.5. The van der Waals surface area contributed by atoms with Gasteiger partial charge in [0.05, 0.1) is 18.2 Å². The van der Waals surface area contributed by atoms with Crippen molar-refractivity contribution in [2.24, 2.45) is 0 Å². The Kier molecular flexibility index (Phi) is 5.77. The molecule has 2 amide bonds. The largest absolute Gasteiger partial charge is 0.465 e. The maximum atomic E-state index is 14.6. The first-order chi connectivity index (χ1) is 15.4. The number of benzene rings is 2. The highest BCUT2D eigenvalue weighted by molar-refractivity contribution is 6.22. The van der Waals surface area contributed by atoms with Crippen LogP contribution in [-0.4, -0.2) is 65.9 Å². The maximum absolute atomic E-state index is 14.6. The van der Waals surface area contributed by atoms with E-state index >= 15 is 0 Å². The molecule has 1 aliphatic rings. The Hall–Kier alpha value is -3.94. The summed E-state index contributed by atoms with van der Waals surface area (Å²) in [5.41, 5.74) is 1.42. The van der Waals surface area contributed by atoms with Gasteiger partial charge >= 0.3 is 5.97 Å². The van der Waals surface area contributed by atoms with Crippen molar-refractivity contribution in [1.82, 2.24) is 14.8 Å². The number of H-pyrrole nitrogens is 1. The topological polar surface area (TPSA) is 82.7 Å². The van der Waals surface area contributed by atoms with E-state index in [0.717, 1.165) is 6.07 Å². The van der Waals surface area contributed by atoms with Gasteiger partial charge in [0.15, 0.2) is 0 Å². The summed E-state index contributed by atoms with van der Waals surface area (Å²) < 4.78 is 19.4. The summed E-state index contributed by atoms with van der Waals surface area (Å²) in [7, 11) is 1.24. The molecule has 8 heteroatoms. The van der Waals surface area contributed by atoms with Gasteiger partial charge in [0.25, 0.3) is 11.8 Å². The number of ether oxygens (including phenoxy) is 1. The minimum Gasteiger partial charge on any atom is -0.465 e. The molecule has 0 unspecified atom stereocenters. The molecule has 0 bridgehead atoms. The van der Waals surface area contributed by atoms with Crippen LogP contribution in [-0.2, 0) is 9.53 Å². The highest BCUT2D eigenvalue weighted by Gasteiger charge is 2.28. The van der Waals surface area contributed by atoms with Crippen LogP contribution in [0.4, 0.5) is 4.39 Å². The van der Waals surface area contributed by atoms with E-state index in [1.807, 2.05) is 18.2 Å². The monoisotopic (exact) mass is 435 g/mol. The summed E-state index contributed by atoms with van der Waals surface area (Å²) in [5.74, 6) is -1.61. The minimum absolute atomic E-state index is 0.0782. The zero-order valence-electron chi connectivity index (χ0n) is 17.6. The standard InChI is InChI=1S/C24H22FN3O4/c1-15(18-14-26-21-17(24(31)32-2)8-9-19(25)20(18)21)22(29)27-10-12-28(13-11-27)23(30)16-6-4-3-5-7-16/h3-9,14,26H,1,10-13H2,2H3. The van der Waals surface area contributed by atoms with Crippen LogP contribution < -0.4 is 0 Å². The molecule has 2 heterocycles. The fraction of sp³-hybridized carbons (Fsp3) is 0.208. The lowest BCUT2D eigenvalue weighted by molar-refractivity contribution is -0.126. The SMILES string of the molecule is C=C(C(=O)N1CCN(C(=O)c2ccccc2)CC1)c1c[nH]c2c(C(=O)OC)ccc(F)c12. The number of piperazine rings is 1. The second-order valence-electron chi connectivity index (χ2n) is 7.47. The average molecular weight is 435 g/mol. The van der Waals surface area contributed by atoms with Crippen molar-refractivity contribution in [1.29, 1.82) is 0 Å². The van der Waals surface area contributed by atoms with Crippen molar-refractivity contribution in [3.63, 3.8) is 0 Å². The van der Waals surface area contributed by atoms with Crippen molar-refractivity contribution >= 4 is 34.3 Å². The van der Waals surface area contributed by atoms with E-state index in [1.54, 1.807) is 21.9 Å². The van der Waals surface area contributed by atoms with E-state index in [0.29, 0.717) is 31.7 Å². The Labute approximate surface area is 184 Å². The molecule has 0 spiro atoms. The van der Waals surface area contributed by atoms with Gasteiger partial charge in [-0.2, -0.15) is 0 Å². The number of rotatable bonds is 4. The number of fused-ring (bicyclic) bond motifs is 1. The number of halogens is 1. The molecule has 0 atom stereocenters. The molecule has 1 aliphatic heterocycles. The fourth-order valence-corrected chi connectivity index (χ4v) is 3.91. The number of aromatic amines is 1. The second-order valence-corrected chi connectivity index (χ2v) is 7.47. The van der Waals surface area contributed by atoms with Crippen molar-refractivity contribution in [3.8, 4) is 0 Å². The van der Waals surface area contributed by atoms with Crippen LogP contribution in [0.15, 0.2) is 55.2 Å². The summed E-state index contributed by atoms with van der Waals surface area (Å²) in [4.78, 5) is 43.8. The summed E-state index contributed by atoms with van der Waals surface area (Å²) in [6.07, 6.45) is 1.47. The molecule has 1 aromatic heterocycles. The van der Waals surface area contributed by atoms with Crippen molar-refractivity contribution in [2.75, 3.05) is 33.3 Å². The maximum Gasteiger partial charge on any atom is 0.339 e. The molecular weight excluding hydrogens is 413 g/mol. The van der Waals surface area contributed by atoms with Gasteiger partial charge in [-0.3, -0.25) is 9.59 Å². The van der Waals surface area contributed by atoms with Gasteiger partial charge in [0.2, 0.25) is 0 Å². The quantitative estimate of drug-likeness (QED) is 0.504. The number of methoxy groups -OCH3 is 1. The molecule has 0 saturated carbocycles. The van der Waals surface area contributed by atoms with Crippen LogP contribution in [0, 0.1) is 5.82 Å². The highest BCUT2D eigenvalue weighted by Crippen LogP contribution is 2.30. The molecule has 0 aliphatic carbocycles. The lowest BCUT2D eigenvalue weighted by Gasteiger charge is -2.35. The molecule has 7 nitrogen and oxygen atoms in total. The summed E-state index contributed by atoms with van der Waals surface area (Å²) in [5, 5.41) is 0.115. The van der Waals surface area contributed by atoms with Crippen molar-refractivity contribution in [2.45, 2.75) is 0 Å². The zero-order valence-corrected chi connectivity index (χ0v) is 17.6. The van der Waals surface area contributed by atoms with E-state index < -0.39 is 11.8 Å². The molecular formula is C24H22FN3O4. The summed E-state index contributed by atoms with van der Waals surface area (Å²) in [6.45, 7) is 5.35. The predicted molar refractivity (Wildman–Crippen MR) is 118 cm³/mol. The third-order valence-electron chi connectivity index (χ3n) is 5.65. The van der Waals surface area contributed by atoms with Gasteiger partial charge in [0, 0.05) is 54.5 Å². The molecule has 0 radical (unpaired) electrons. The number of esters is 1. The lowest BCUT2D eigenvalue weighted by atomic mass is 10.0. The number of hydrogen-bond donors (Lipinski definition) is 1. The van der Waals surface area contributed by atoms with Crippen LogP contribution >= 0.6 is 0 Å². The number of nitrogens with one attached hydrogen (secondary N) is 1. The average Bonchev–Trinajstić information content (AvgIpc) is 3.29. The number of carbonyl (C=O) groups is 3. The molecule has 1 saturated heterocycles. The Morgan fingerprint density at radius 2 is 1.62 bits per heavy atom. The first kappa shape index (κ1) is 21.3. The third-order valence-corrected chi connectivity index (χ3v) is 5.65. The van der Waals surface area contributed by atoms with E-state index in [9.17, 15) is 18.8 Å². The predicted octanol–water partition coefficient (Wildman–Crippen LogP) is 3.09. The Balaban J connectivity index is 1.50. The molecule has 32 heavy (non-hydrogen) atoms. The number of hydrogen-bond acceptors (Lipinski definition) is 4. The van der Waals surface area contributed by atoms with Gasteiger partial charge in [-0.25, -0.2) is 9.18 Å². The van der Waals surface area contributed by atoms with E-state index in [4.69, 9.17) is 4.74 Å². The van der Waals surface area contributed by atoms with Crippen LogP contribution in [0.1, 0.15) is 26.3 Å². The molecule has 2 aromatic carbocycles. The van der Waals surface area contributed by atoms with Gasteiger partial charge in [0.1, 0.15) is 5.82 Å². The molecule has 1 N–H and O–H groups in total. The Morgan fingerprint density at radius 3 is 2.28 bits per heavy atom. The highest BCUT2D eigenvalue weighted by atomic mass is 19.1. The van der Waals surface area contributed by atoms with Crippen LogP contribution in [0.3, 0.4) is 0 Å². The Bertz CT molecular complexity index is 1210. The number of aromatic nitrogens is 1. The number of nitrogens with zero attached hydrogens (tertiary/aromatic N) is 2. The smallest absolute Gasteiger partial charge is 0.339 e. The number of amides is 2. The first-order valence-electron chi connectivity index (χ1n) is 10.1. The lowest BCUT2D eigenvalue weighted by Crippen LogP contribution is -2.50. The summed E-state index contributed by atoms with van der Waals surface area (Å²) >= 11 is 0. The van der Waals surface area contributed by atoms with Crippen molar-refractivity contribution < 1.29 is 23.5 Å². The molecule has 4 rings (SSSR count). The van der Waals surface area contributed by atoms with Gasteiger partial charge in [-0.05, 0) is 24.3 Å². The van der Waals surface area contributed by atoms with E-state index in [2.05, 4.69) is 11.6 Å². The second kappa shape index (κ2) is 8.66. The number of carbonyl (C=O) groups excluding carboxylic acids is 3. The van der Waals surface area contributed by atoms with E-state index in [1.165, 1.54) is 19.4 Å². The van der Waals surface area contributed by atoms with Gasteiger partial charge in [-0.1, -0.05) is 24.8 Å². The fourth-order valence-electron chi connectivity index (χ4n) is 3.91. The molecule has 1 fully saturated rings. The molecule has 164 valence electrons. The van der Waals surface area contributed by atoms with Gasteiger partial charge in [-0.15, -0.1) is 0 Å². The molecule has 3 aromatic rings. The van der Waals surface area contributed by atoms with Crippen LogP contribution in [0.5, 0.6) is 0 Å². The third kappa shape index (κ3) is 3.75. The first-order valence-corrected chi connectivity index (χ1v) is 10.1. The normalized spacial score (nSPS) is 13.8. The van der Waals surface area contributed by atoms with Gasteiger partial charge < -0.3 is 19.5 Å².